The molecule has 25 heavy (non-hydrogen) atoms. The zero-order valence-corrected chi connectivity index (χ0v) is 14.1. The number of nitrogens with zero attached hydrogens (tertiary/aromatic N) is 2. The monoisotopic (exact) mass is 359 g/mol. The van der Waals surface area contributed by atoms with Crippen molar-refractivity contribution in [2.45, 2.75) is 19.4 Å². The number of hydrogen-bond donors (Lipinski definition) is 3. The quantitative estimate of drug-likeness (QED) is 0.577. The van der Waals surface area contributed by atoms with Crippen molar-refractivity contribution in [2.24, 2.45) is 0 Å². The van der Waals surface area contributed by atoms with Crippen LogP contribution in [0.25, 0.3) is 10.6 Å². The van der Waals surface area contributed by atoms with Gasteiger partial charge < -0.3 is 14.9 Å². The fraction of sp³-hybridized carbons (Fsp3) is 0.250. The van der Waals surface area contributed by atoms with Crippen LogP contribution in [0.4, 0.5) is 0 Å². The molecule has 3 heterocycles. The summed E-state index contributed by atoms with van der Waals surface area (Å²) in [6.07, 6.45) is 3.82. The van der Waals surface area contributed by atoms with Crippen LogP contribution in [0.3, 0.4) is 0 Å². The molecule has 1 amide bonds. The van der Waals surface area contributed by atoms with Crippen molar-refractivity contribution >= 4 is 17.2 Å². The molecule has 0 saturated carbocycles. The topological polar surface area (TPSA) is 113 Å². The van der Waals surface area contributed by atoms with Crippen LogP contribution in [0.2, 0.25) is 0 Å². The number of imidazole rings is 1. The minimum absolute atomic E-state index is 0.157. The first-order valence-electron chi connectivity index (χ1n) is 7.76. The number of thiophene rings is 1. The Labute approximate surface area is 146 Å². The van der Waals surface area contributed by atoms with Gasteiger partial charge in [0.1, 0.15) is 5.69 Å². The minimum atomic E-state index is -0.515. The molecule has 0 atom stereocenters. The second-order valence-electron chi connectivity index (χ2n) is 5.36. The molecule has 0 bridgehead atoms. The van der Waals surface area contributed by atoms with Crippen molar-refractivity contribution in [3.8, 4) is 10.6 Å². The molecular formula is C16H17N5O3S. The van der Waals surface area contributed by atoms with E-state index in [0.717, 1.165) is 16.3 Å². The molecular weight excluding hydrogens is 342 g/mol. The fourth-order valence-corrected chi connectivity index (χ4v) is 3.14. The van der Waals surface area contributed by atoms with E-state index in [-0.39, 0.29) is 18.9 Å². The first kappa shape index (κ1) is 16.9. The summed E-state index contributed by atoms with van der Waals surface area (Å²) in [6, 6.07) is 5.23. The van der Waals surface area contributed by atoms with Gasteiger partial charge in [-0.2, -0.15) is 0 Å². The summed E-state index contributed by atoms with van der Waals surface area (Å²) < 4.78 is 1.30. The molecule has 3 aromatic rings. The van der Waals surface area contributed by atoms with Crippen molar-refractivity contribution in [1.29, 1.82) is 0 Å². The number of aromatic amines is 2. The Hall–Kier alpha value is -2.94. The summed E-state index contributed by atoms with van der Waals surface area (Å²) in [6.45, 7) is 0.686. The van der Waals surface area contributed by atoms with Crippen LogP contribution in [-0.2, 0) is 17.8 Å². The third-order valence-corrected chi connectivity index (χ3v) is 4.52. The molecule has 0 fully saturated rings. The van der Waals surface area contributed by atoms with Gasteiger partial charge >= 0.3 is 5.69 Å². The molecule has 0 aliphatic heterocycles. The van der Waals surface area contributed by atoms with Gasteiger partial charge in [-0.25, -0.2) is 9.78 Å². The van der Waals surface area contributed by atoms with E-state index >= 15 is 0 Å². The highest BCUT2D eigenvalue weighted by atomic mass is 32.1. The van der Waals surface area contributed by atoms with Crippen LogP contribution < -0.4 is 16.6 Å². The van der Waals surface area contributed by atoms with E-state index in [1.165, 1.54) is 16.8 Å². The van der Waals surface area contributed by atoms with Crippen LogP contribution in [-0.4, -0.2) is 32.0 Å². The molecule has 0 aromatic carbocycles. The lowest BCUT2D eigenvalue weighted by Gasteiger charge is -2.06. The van der Waals surface area contributed by atoms with Gasteiger partial charge in [-0.15, -0.1) is 11.3 Å². The standard InChI is InChI=1S/C16H17N5O3S/c22-13(4-7-21-8-5-14(23)20-16(21)24)17-6-3-11-15(19-10-18-11)12-2-1-9-25-12/h1-2,5,8-10H,3-4,6-7H2,(H,17,22)(H,18,19)(H,20,23,24). The Kier molecular flexibility index (Phi) is 5.24. The molecule has 0 spiro atoms. The van der Waals surface area contributed by atoms with Crippen LogP contribution in [0.15, 0.2) is 45.7 Å². The predicted molar refractivity (Wildman–Crippen MR) is 94.6 cm³/mol. The van der Waals surface area contributed by atoms with E-state index in [9.17, 15) is 14.4 Å². The number of carbonyl (C=O) groups excluding carboxylic acids is 1. The number of nitrogens with one attached hydrogen (secondary N) is 3. The maximum atomic E-state index is 11.9. The fourth-order valence-electron chi connectivity index (χ4n) is 2.39. The lowest BCUT2D eigenvalue weighted by atomic mass is 10.2. The first-order valence-corrected chi connectivity index (χ1v) is 8.64. The Morgan fingerprint density at radius 1 is 1.32 bits per heavy atom. The number of aryl methyl sites for hydroxylation is 1. The normalized spacial score (nSPS) is 10.7. The molecule has 3 aromatic heterocycles. The van der Waals surface area contributed by atoms with E-state index in [1.807, 2.05) is 17.5 Å². The number of aromatic nitrogens is 4. The highest BCUT2D eigenvalue weighted by Crippen LogP contribution is 2.25. The molecule has 3 rings (SSSR count). The number of rotatable bonds is 7. The minimum Gasteiger partial charge on any atom is -0.356 e. The van der Waals surface area contributed by atoms with Crippen LogP contribution in [0.1, 0.15) is 12.1 Å². The number of amides is 1. The summed E-state index contributed by atoms with van der Waals surface area (Å²) in [5.41, 5.74) is 0.911. The second kappa shape index (κ2) is 7.75. The van der Waals surface area contributed by atoms with Crippen LogP contribution in [0, 0.1) is 0 Å². The third-order valence-electron chi connectivity index (χ3n) is 3.65. The Morgan fingerprint density at radius 3 is 2.96 bits per heavy atom. The van der Waals surface area contributed by atoms with Gasteiger partial charge in [-0.1, -0.05) is 6.07 Å². The van der Waals surface area contributed by atoms with Crippen LogP contribution >= 0.6 is 11.3 Å². The van der Waals surface area contributed by atoms with Gasteiger partial charge in [-0.05, 0) is 11.4 Å². The number of carbonyl (C=O) groups is 1. The van der Waals surface area contributed by atoms with E-state index < -0.39 is 11.2 Å². The SMILES string of the molecule is O=C(CCn1ccc(=O)[nH]c1=O)NCCc1[nH]cnc1-c1cccs1. The lowest BCUT2D eigenvalue weighted by Crippen LogP contribution is -2.31. The smallest absolute Gasteiger partial charge is 0.328 e. The Bertz CT molecular complexity index is 955. The molecule has 0 unspecified atom stereocenters. The van der Waals surface area contributed by atoms with Crippen molar-refractivity contribution in [3.63, 3.8) is 0 Å². The Balaban J connectivity index is 1.48. The van der Waals surface area contributed by atoms with Gasteiger partial charge in [0.15, 0.2) is 0 Å². The largest absolute Gasteiger partial charge is 0.356 e. The maximum absolute atomic E-state index is 11.9. The molecule has 3 N–H and O–H groups in total. The molecule has 0 saturated heterocycles. The molecule has 0 aliphatic carbocycles. The highest BCUT2D eigenvalue weighted by molar-refractivity contribution is 7.13. The summed E-state index contributed by atoms with van der Waals surface area (Å²) in [4.78, 5) is 45.1. The molecule has 8 nitrogen and oxygen atoms in total. The third kappa shape index (κ3) is 4.32. The van der Waals surface area contributed by atoms with Gasteiger partial charge in [0.2, 0.25) is 5.91 Å². The zero-order valence-electron chi connectivity index (χ0n) is 13.3. The van der Waals surface area contributed by atoms with E-state index in [1.54, 1.807) is 17.7 Å². The second-order valence-corrected chi connectivity index (χ2v) is 6.31. The summed E-state index contributed by atoms with van der Waals surface area (Å²) in [5.74, 6) is -0.157. The van der Waals surface area contributed by atoms with Crippen molar-refractivity contribution in [2.75, 3.05) is 6.54 Å². The van der Waals surface area contributed by atoms with Gasteiger partial charge in [0.25, 0.3) is 5.56 Å². The van der Waals surface area contributed by atoms with Crippen molar-refractivity contribution in [3.05, 3.63) is 62.6 Å². The summed E-state index contributed by atoms with van der Waals surface area (Å²) in [7, 11) is 0. The molecule has 0 aliphatic rings. The number of hydrogen-bond acceptors (Lipinski definition) is 5. The van der Waals surface area contributed by atoms with E-state index in [4.69, 9.17) is 0 Å². The first-order chi connectivity index (χ1) is 12.1. The lowest BCUT2D eigenvalue weighted by molar-refractivity contribution is -0.121. The highest BCUT2D eigenvalue weighted by Gasteiger charge is 2.10. The molecule has 9 heteroatoms. The van der Waals surface area contributed by atoms with E-state index in [2.05, 4.69) is 20.3 Å². The van der Waals surface area contributed by atoms with Gasteiger partial charge in [0.05, 0.1) is 11.2 Å². The van der Waals surface area contributed by atoms with Gasteiger partial charge in [-0.3, -0.25) is 14.6 Å². The van der Waals surface area contributed by atoms with Gasteiger partial charge in [0, 0.05) is 43.9 Å². The maximum Gasteiger partial charge on any atom is 0.328 e. The zero-order chi connectivity index (χ0) is 17.6. The Morgan fingerprint density at radius 2 is 2.20 bits per heavy atom. The molecule has 130 valence electrons. The molecule has 0 radical (unpaired) electrons. The number of H-pyrrole nitrogens is 2. The van der Waals surface area contributed by atoms with Crippen LogP contribution in [0.5, 0.6) is 0 Å². The van der Waals surface area contributed by atoms with Crippen molar-refractivity contribution in [1.82, 2.24) is 24.8 Å². The van der Waals surface area contributed by atoms with Crippen molar-refractivity contribution < 1.29 is 4.79 Å². The average molecular weight is 359 g/mol. The predicted octanol–water partition coefficient (Wildman–Crippen LogP) is 0.737. The summed E-state index contributed by atoms with van der Waals surface area (Å²) >= 11 is 1.62. The average Bonchev–Trinajstić information content (AvgIpc) is 3.25. The summed E-state index contributed by atoms with van der Waals surface area (Å²) in [5, 5.41) is 4.82. The van der Waals surface area contributed by atoms with E-state index in [0.29, 0.717) is 13.0 Å².